The SMILES string of the molecule is COc1cc(-n2cnc(C(=O)O)c2)ccc1[N+](=O)[O-]. The van der Waals surface area contributed by atoms with Crippen molar-refractivity contribution in [1.29, 1.82) is 0 Å². The first-order valence-electron chi connectivity index (χ1n) is 5.13. The summed E-state index contributed by atoms with van der Waals surface area (Å²) in [6.45, 7) is 0. The smallest absolute Gasteiger partial charge is 0.356 e. The Hall–Kier alpha value is -2.90. The lowest BCUT2D eigenvalue weighted by Crippen LogP contribution is -1.97. The second-order valence-corrected chi connectivity index (χ2v) is 3.58. The average molecular weight is 263 g/mol. The summed E-state index contributed by atoms with van der Waals surface area (Å²) in [5, 5.41) is 19.5. The summed E-state index contributed by atoms with van der Waals surface area (Å²) in [6.07, 6.45) is 2.62. The van der Waals surface area contributed by atoms with Gasteiger partial charge in [0.05, 0.1) is 17.7 Å². The molecular formula is C11H9N3O5. The maximum absolute atomic E-state index is 10.8. The number of hydrogen-bond acceptors (Lipinski definition) is 5. The Morgan fingerprint density at radius 2 is 2.26 bits per heavy atom. The molecule has 98 valence electrons. The number of ether oxygens (including phenoxy) is 1. The molecule has 0 aliphatic heterocycles. The lowest BCUT2D eigenvalue weighted by Gasteiger charge is -2.05. The van der Waals surface area contributed by atoms with E-state index in [4.69, 9.17) is 9.84 Å². The third kappa shape index (κ3) is 2.37. The Bertz CT molecular complexity index is 650. The van der Waals surface area contributed by atoms with E-state index in [1.165, 1.54) is 42.4 Å². The van der Waals surface area contributed by atoms with Crippen LogP contribution in [0.5, 0.6) is 5.75 Å². The molecule has 1 heterocycles. The number of carboxylic acid groups (broad SMARTS) is 1. The van der Waals surface area contributed by atoms with Crippen molar-refractivity contribution in [3.05, 3.63) is 46.5 Å². The number of methoxy groups -OCH3 is 1. The molecule has 8 heteroatoms. The number of nitro groups is 1. The fourth-order valence-electron chi connectivity index (χ4n) is 1.55. The molecule has 0 atom stereocenters. The Balaban J connectivity index is 2.45. The minimum absolute atomic E-state index is 0.0908. The van der Waals surface area contributed by atoms with Crippen LogP contribution in [0.4, 0.5) is 5.69 Å². The van der Waals surface area contributed by atoms with E-state index in [0.717, 1.165) is 0 Å². The van der Waals surface area contributed by atoms with Gasteiger partial charge in [-0.15, -0.1) is 0 Å². The molecule has 8 nitrogen and oxygen atoms in total. The van der Waals surface area contributed by atoms with Crippen LogP contribution in [0.25, 0.3) is 5.69 Å². The molecule has 2 aromatic rings. The van der Waals surface area contributed by atoms with Gasteiger partial charge in [0.1, 0.15) is 6.33 Å². The molecule has 2 rings (SSSR count). The van der Waals surface area contributed by atoms with Crippen molar-refractivity contribution in [2.75, 3.05) is 7.11 Å². The molecule has 0 spiro atoms. The van der Waals surface area contributed by atoms with Gasteiger partial charge >= 0.3 is 11.7 Å². The number of aromatic nitrogens is 2. The van der Waals surface area contributed by atoms with Crippen LogP contribution < -0.4 is 4.74 Å². The first-order chi connectivity index (χ1) is 9.02. The number of benzene rings is 1. The molecule has 1 N–H and O–H groups in total. The summed E-state index contributed by atoms with van der Waals surface area (Å²) in [4.78, 5) is 24.6. The van der Waals surface area contributed by atoms with E-state index in [1.54, 1.807) is 0 Å². The first-order valence-corrected chi connectivity index (χ1v) is 5.13. The van der Waals surface area contributed by atoms with Crippen molar-refractivity contribution < 1.29 is 19.6 Å². The van der Waals surface area contributed by atoms with E-state index < -0.39 is 10.9 Å². The highest BCUT2D eigenvalue weighted by Crippen LogP contribution is 2.28. The maximum atomic E-state index is 10.8. The third-order valence-corrected chi connectivity index (χ3v) is 2.46. The highest BCUT2D eigenvalue weighted by molar-refractivity contribution is 5.85. The molecule has 0 radical (unpaired) electrons. The normalized spacial score (nSPS) is 10.2. The standard InChI is InChI=1S/C11H9N3O5/c1-19-10-4-7(2-3-9(10)14(17)18)13-5-8(11(15)16)12-6-13/h2-6H,1H3,(H,15,16). The van der Waals surface area contributed by atoms with Crippen LogP contribution in [0.3, 0.4) is 0 Å². The van der Waals surface area contributed by atoms with Gasteiger partial charge in [0.2, 0.25) is 0 Å². The third-order valence-electron chi connectivity index (χ3n) is 2.46. The summed E-state index contributed by atoms with van der Waals surface area (Å²) in [5.41, 5.74) is 0.240. The average Bonchev–Trinajstić information content (AvgIpc) is 2.87. The second-order valence-electron chi connectivity index (χ2n) is 3.58. The summed E-state index contributed by atoms with van der Waals surface area (Å²) in [6, 6.07) is 4.20. The van der Waals surface area contributed by atoms with Gasteiger partial charge in [-0.05, 0) is 6.07 Å². The summed E-state index contributed by atoms with van der Waals surface area (Å²) >= 11 is 0. The molecule has 0 saturated carbocycles. The van der Waals surface area contributed by atoms with Crippen LogP contribution in [0.2, 0.25) is 0 Å². The van der Waals surface area contributed by atoms with Gasteiger partial charge in [0.25, 0.3) is 0 Å². The summed E-state index contributed by atoms with van der Waals surface area (Å²) in [5.74, 6) is -1.05. The summed E-state index contributed by atoms with van der Waals surface area (Å²) in [7, 11) is 1.32. The van der Waals surface area contributed by atoms with Gasteiger partial charge in [0, 0.05) is 18.3 Å². The number of imidazole rings is 1. The number of nitro benzene ring substituents is 1. The number of hydrogen-bond donors (Lipinski definition) is 1. The number of carboxylic acids is 1. The zero-order valence-electron chi connectivity index (χ0n) is 9.81. The van der Waals surface area contributed by atoms with E-state index >= 15 is 0 Å². The van der Waals surface area contributed by atoms with Gasteiger partial charge in [-0.2, -0.15) is 0 Å². The van der Waals surface area contributed by atoms with E-state index in [0.29, 0.717) is 5.69 Å². The molecular weight excluding hydrogens is 254 g/mol. The largest absolute Gasteiger partial charge is 0.490 e. The molecule has 0 saturated heterocycles. The molecule has 0 bridgehead atoms. The van der Waals surface area contributed by atoms with Gasteiger partial charge in [-0.3, -0.25) is 10.1 Å². The van der Waals surface area contributed by atoms with Crippen LogP contribution in [0, 0.1) is 10.1 Å². The molecule has 0 aliphatic carbocycles. The maximum Gasteiger partial charge on any atom is 0.356 e. The first kappa shape index (κ1) is 12.6. The number of rotatable bonds is 4. The van der Waals surface area contributed by atoms with E-state index in [1.807, 2.05) is 0 Å². The molecule has 19 heavy (non-hydrogen) atoms. The van der Waals surface area contributed by atoms with Crippen LogP contribution in [0.15, 0.2) is 30.7 Å². The number of carbonyl (C=O) groups is 1. The van der Waals surface area contributed by atoms with Crippen molar-refractivity contribution in [2.24, 2.45) is 0 Å². The quantitative estimate of drug-likeness (QED) is 0.661. The van der Waals surface area contributed by atoms with Crippen LogP contribution in [-0.4, -0.2) is 32.7 Å². The van der Waals surface area contributed by atoms with Crippen molar-refractivity contribution in [1.82, 2.24) is 9.55 Å². The van der Waals surface area contributed by atoms with Gasteiger partial charge in [0.15, 0.2) is 11.4 Å². The molecule has 0 aliphatic rings. The Kier molecular flexibility index (Phi) is 3.15. The predicted octanol–water partition coefficient (Wildman–Crippen LogP) is 1.49. The lowest BCUT2D eigenvalue weighted by atomic mass is 10.2. The molecule has 1 aromatic carbocycles. The zero-order chi connectivity index (χ0) is 14.0. The van der Waals surface area contributed by atoms with E-state index in [-0.39, 0.29) is 17.1 Å². The molecule has 0 unspecified atom stereocenters. The molecule has 0 amide bonds. The van der Waals surface area contributed by atoms with Gasteiger partial charge < -0.3 is 14.4 Å². The molecule has 0 fully saturated rings. The highest BCUT2D eigenvalue weighted by Gasteiger charge is 2.16. The van der Waals surface area contributed by atoms with Crippen molar-refractivity contribution in [3.63, 3.8) is 0 Å². The summed E-state index contributed by atoms with van der Waals surface area (Å²) < 4.78 is 6.37. The van der Waals surface area contributed by atoms with Crippen molar-refractivity contribution in [3.8, 4) is 11.4 Å². The Morgan fingerprint density at radius 3 is 2.79 bits per heavy atom. The van der Waals surface area contributed by atoms with Gasteiger partial charge in [-0.1, -0.05) is 0 Å². The Morgan fingerprint density at radius 1 is 1.53 bits per heavy atom. The zero-order valence-corrected chi connectivity index (χ0v) is 9.81. The number of aromatic carboxylic acids is 1. The fourth-order valence-corrected chi connectivity index (χ4v) is 1.55. The highest BCUT2D eigenvalue weighted by atomic mass is 16.6. The van der Waals surface area contributed by atoms with E-state index in [9.17, 15) is 14.9 Å². The second kappa shape index (κ2) is 4.77. The lowest BCUT2D eigenvalue weighted by molar-refractivity contribution is -0.385. The fraction of sp³-hybridized carbons (Fsp3) is 0.0909. The van der Waals surface area contributed by atoms with Crippen LogP contribution in [-0.2, 0) is 0 Å². The Labute approximate surface area is 107 Å². The van der Waals surface area contributed by atoms with Crippen LogP contribution >= 0.6 is 0 Å². The van der Waals surface area contributed by atoms with Crippen LogP contribution in [0.1, 0.15) is 10.5 Å². The number of nitrogens with zero attached hydrogens (tertiary/aromatic N) is 3. The predicted molar refractivity (Wildman–Crippen MR) is 63.7 cm³/mol. The molecule has 1 aromatic heterocycles. The topological polar surface area (TPSA) is 107 Å². The van der Waals surface area contributed by atoms with E-state index in [2.05, 4.69) is 4.98 Å². The monoisotopic (exact) mass is 263 g/mol. The minimum atomic E-state index is -1.15. The van der Waals surface area contributed by atoms with Gasteiger partial charge in [-0.25, -0.2) is 9.78 Å². The van der Waals surface area contributed by atoms with Crippen molar-refractivity contribution in [2.45, 2.75) is 0 Å². The van der Waals surface area contributed by atoms with Crippen molar-refractivity contribution >= 4 is 11.7 Å². The minimum Gasteiger partial charge on any atom is -0.490 e.